The number of aromatic nitrogens is 4. The molecule has 0 saturated carbocycles. The Kier molecular flexibility index (Phi) is 7.40. The fourth-order valence-electron chi connectivity index (χ4n) is 3.94. The predicted octanol–water partition coefficient (Wildman–Crippen LogP) is 5.44. The molecule has 0 saturated heterocycles. The van der Waals surface area contributed by atoms with Crippen molar-refractivity contribution in [1.29, 1.82) is 0 Å². The largest absolute Gasteiger partial charge is 0.315 e. The smallest absolute Gasteiger partial charge is 0.131 e. The zero-order valence-corrected chi connectivity index (χ0v) is 19.2. The Balaban J connectivity index is 1.95. The van der Waals surface area contributed by atoms with E-state index in [1.165, 1.54) is 16.7 Å². The van der Waals surface area contributed by atoms with Gasteiger partial charge in [0.2, 0.25) is 0 Å². The van der Waals surface area contributed by atoms with Gasteiger partial charge in [-0.1, -0.05) is 44.7 Å². The van der Waals surface area contributed by atoms with E-state index in [-0.39, 0.29) is 0 Å². The van der Waals surface area contributed by atoms with Gasteiger partial charge in [-0.25, -0.2) is 0 Å². The Morgan fingerprint density at radius 3 is 2.52 bits per heavy atom. The van der Waals surface area contributed by atoms with Gasteiger partial charge in [0.05, 0.1) is 0 Å². The van der Waals surface area contributed by atoms with Crippen LogP contribution in [-0.2, 0) is 13.0 Å². The monoisotopic (exact) mass is 415 g/mol. The maximum absolute atomic E-state index is 4.43. The second kappa shape index (κ2) is 10.2. The quantitative estimate of drug-likeness (QED) is 0.467. The molecule has 5 nitrogen and oxygen atoms in total. The molecular weight excluding hydrogens is 382 g/mol. The Labute approximate surface area is 185 Å². The molecule has 0 amide bonds. The molecule has 0 N–H and O–H groups in total. The molecule has 31 heavy (non-hydrogen) atoms. The highest BCUT2D eigenvalue weighted by molar-refractivity contribution is 5.71. The van der Waals surface area contributed by atoms with Crippen LogP contribution in [0.15, 0.2) is 54.7 Å². The van der Waals surface area contributed by atoms with Crippen molar-refractivity contribution in [2.75, 3.05) is 7.05 Å². The number of benzene rings is 1. The van der Waals surface area contributed by atoms with Gasteiger partial charge in [0.1, 0.15) is 17.1 Å². The Morgan fingerprint density at radius 1 is 1.13 bits per heavy atom. The fourth-order valence-corrected chi connectivity index (χ4v) is 3.94. The van der Waals surface area contributed by atoms with Gasteiger partial charge in [0.15, 0.2) is 0 Å². The summed E-state index contributed by atoms with van der Waals surface area (Å²) in [7, 11) is 1.82. The van der Waals surface area contributed by atoms with Gasteiger partial charge in [-0.15, -0.1) is 10.2 Å². The van der Waals surface area contributed by atoms with Crippen LogP contribution in [0.2, 0.25) is 0 Å². The summed E-state index contributed by atoms with van der Waals surface area (Å²) in [6.07, 6.45) is 8.05. The molecule has 0 atom stereocenters. The van der Waals surface area contributed by atoms with Crippen LogP contribution in [0.25, 0.3) is 22.9 Å². The zero-order chi connectivity index (χ0) is 22.4. The van der Waals surface area contributed by atoms with Crippen molar-refractivity contribution in [1.82, 2.24) is 19.3 Å². The van der Waals surface area contributed by atoms with E-state index in [1.54, 1.807) is 0 Å². The summed E-state index contributed by atoms with van der Waals surface area (Å²) in [6.45, 7) is 15.3. The van der Waals surface area contributed by atoms with E-state index in [9.17, 15) is 0 Å². The molecule has 3 aromatic rings. The first-order valence-corrected chi connectivity index (χ1v) is 10.9. The molecule has 0 unspecified atom stereocenters. The van der Waals surface area contributed by atoms with Gasteiger partial charge in [-0.3, -0.25) is 4.99 Å². The summed E-state index contributed by atoms with van der Waals surface area (Å²) >= 11 is 0. The van der Waals surface area contributed by atoms with Crippen LogP contribution in [0.4, 0.5) is 0 Å². The van der Waals surface area contributed by atoms with Crippen LogP contribution < -0.4 is 5.49 Å². The molecule has 3 rings (SSSR count). The molecule has 0 aliphatic rings. The van der Waals surface area contributed by atoms with Gasteiger partial charge in [0, 0.05) is 25.5 Å². The van der Waals surface area contributed by atoms with Gasteiger partial charge < -0.3 is 9.13 Å². The molecule has 2 aromatic heterocycles. The molecule has 0 radical (unpaired) electrons. The SMILES string of the molecule is C=Cc1ccc(CCCn2c(C)nnc2C)c(-c2ccc(=NC)n(C(=C)CCC)c2)c1. The van der Waals surface area contributed by atoms with Crippen LogP contribution in [0.1, 0.15) is 49.0 Å². The maximum Gasteiger partial charge on any atom is 0.131 e. The Morgan fingerprint density at radius 2 is 1.87 bits per heavy atom. The second-order valence-corrected chi connectivity index (χ2v) is 7.86. The summed E-state index contributed by atoms with van der Waals surface area (Å²) in [5, 5.41) is 8.34. The molecule has 0 fully saturated rings. The third kappa shape index (κ3) is 5.10. The van der Waals surface area contributed by atoms with Gasteiger partial charge in [0.25, 0.3) is 0 Å². The second-order valence-electron chi connectivity index (χ2n) is 7.86. The summed E-state index contributed by atoms with van der Waals surface area (Å²) in [6, 6.07) is 10.8. The number of rotatable bonds is 9. The minimum absolute atomic E-state index is 0.911. The average molecular weight is 416 g/mol. The first-order valence-electron chi connectivity index (χ1n) is 10.9. The van der Waals surface area contributed by atoms with Crippen molar-refractivity contribution in [3.63, 3.8) is 0 Å². The minimum atomic E-state index is 0.911. The van der Waals surface area contributed by atoms with E-state index in [0.29, 0.717) is 0 Å². The minimum Gasteiger partial charge on any atom is -0.315 e. The summed E-state index contributed by atoms with van der Waals surface area (Å²) in [4.78, 5) is 4.43. The standard InChI is InChI=1S/C26H33N5/c1-7-10-19(3)31-18-24(14-15-26(31)27-6)25-17-22(8-2)12-13-23(25)11-9-16-30-20(4)28-29-21(30)5/h8,12-15,17-18H,2-3,7,9-11,16H2,1,4-6H3. The van der Waals surface area contributed by atoms with Crippen LogP contribution in [-0.4, -0.2) is 26.4 Å². The number of hydrogen-bond acceptors (Lipinski definition) is 3. The van der Waals surface area contributed by atoms with E-state index in [2.05, 4.69) is 80.9 Å². The van der Waals surface area contributed by atoms with Crippen LogP contribution in [0, 0.1) is 13.8 Å². The molecule has 0 aliphatic carbocycles. The zero-order valence-electron chi connectivity index (χ0n) is 19.2. The Hall–Kier alpha value is -3.21. The topological polar surface area (TPSA) is 48.0 Å². The van der Waals surface area contributed by atoms with Gasteiger partial charge >= 0.3 is 0 Å². The lowest BCUT2D eigenvalue weighted by Crippen LogP contribution is -2.19. The predicted molar refractivity (Wildman–Crippen MR) is 130 cm³/mol. The van der Waals surface area contributed by atoms with Crippen molar-refractivity contribution in [3.8, 4) is 11.1 Å². The van der Waals surface area contributed by atoms with E-state index < -0.39 is 0 Å². The molecule has 0 spiro atoms. The van der Waals surface area contributed by atoms with E-state index in [0.717, 1.165) is 60.6 Å². The molecule has 162 valence electrons. The molecule has 2 heterocycles. The van der Waals surface area contributed by atoms with Crippen molar-refractivity contribution < 1.29 is 0 Å². The fraction of sp³-hybridized carbons (Fsp3) is 0.346. The lowest BCUT2D eigenvalue weighted by atomic mass is 9.95. The van der Waals surface area contributed by atoms with Gasteiger partial charge in [-0.05, 0) is 73.6 Å². The molecule has 1 aromatic carbocycles. The van der Waals surface area contributed by atoms with Crippen molar-refractivity contribution in [2.24, 2.45) is 4.99 Å². The van der Waals surface area contributed by atoms with E-state index in [1.807, 2.05) is 27.0 Å². The highest BCUT2D eigenvalue weighted by Gasteiger charge is 2.10. The average Bonchev–Trinajstić information content (AvgIpc) is 3.11. The number of hydrogen-bond donors (Lipinski definition) is 0. The number of nitrogens with zero attached hydrogens (tertiary/aromatic N) is 5. The molecule has 5 heteroatoms. The highest BCUT2D eigenvalue weighted by atomic mass is 15.3. The molecule has 0 aliphatic heterocycles. The first kappa shape index (κ1) is 22.5. The summed E-state index contributed by atoms with van der Waals surface area (Å²) in [5.74, 6) is 1.93. The maximum atomic E-state index is 4.43. The number of aryl methyl sites for hydroxylation is 3. The molecular formula is C26H33N5. The third-order valence-corrected chi connectivity index (χ3v) is 5.66. The Bertz CT molecular complexity index is 1130. The highest BCUT2D eigenvalue weighted by Crippen LogP contribution is 2.27. The van der Waals surface area contributed by atoms with Crippen molar-refractivity contribution >= 4 is 11.8 Å². The van der Waals surface area contributed by atoms with Crippen molar-refractivity contribution in [2.45, 2.75) is 53.0 Å². The van der Waals surface area contributed by atoms with Crippen molar-refractivity contribution in [3.05, 3.63) is 77.9 Å². The number of allylic oxidation sites excluding steroid dienone is 1. The van der Waals surface area contributed by atoms with E-state index >= 15 is 0 Å². The third-order valence-electron chi connectivity index (χ3n) is 5.66. The summed E-state index contributed by atoms with van der Waals surface area (Å²) in [5.41, 5.74) is 6.82. The van der Waals surface area contributed by atoms with Gasteiger partial charge in [-0.2, -0.15) is 0 Å². The summed E-state index contributed by atoms with van der Waals surface area (Å²) < 4.78 is 4.30. The van der Waals surface area contributed by atoms with Crippen LogP contribution >= 0.6 is 0 Å². The van der Waals surface area contributed by atoms with Crippen LogP contribution in [0.3, 0.4) is 0 Å². The molecule has 0 bridgehead atoms. The van der Waals surface area contributed by atoms with E-state index in [4.69, 9.17) is 0 Å². The van der Waals surface area contributed by atoms with Crippen LogP contribution in [0.5, 0.6) is 0 Å². The lowest BCUT2D eigenvalue weighted by molar-refractivity contribution is 0.611. The lowest BCUT2D eigenvalue weighted by Gasteiger charge is -2.16. The number of pyridine rings is 1. The first-order chi connectivity index (χ1) is 15.0. The normalized spacial score (nSPS) is 11.7.